The normalized spacial score (nSPS) is 10.6. The van der Waals surface area contributed by atoms with Crippen molar-refractivity contribution in [1.29, 1.82) is 0 Å². The maximum Gasteiger partial charge on any atom is 0.238 e. The van der Waals surface area contributed by atoms with Crippen molar-refractivity contribution in [3.05, 3.63) is 53.0 Å². The number of hydrogen-bond acceptors (Lipinski definition) is 4. The van der Waals surface area contributed by atoms with Crippen LogP contribution in [0.1, 0.15) is 6.92 Å². The molecule has 2 rings (SSSR count). The summed E-state index contributed by atoms with van der Waals surface area (Å²) >= 11 is 3.40. The molecule has 1 N–H and O–H groups in total. The SMILES string of the molecule is CCN(CCOc1ccc(Br)cc1)CC(=O)Nc1ccc(OC)cc1. The molecule has 1 amide bonds. The van der Waals surface area contributed by atoms with Crippen molar-refractivity contribution in [2.24, 2.45) is 0 Å². The lowest BCUT2D eigenvalue weighted by Crippen LogP contribution is -2.35. The van der Waals surface area contributed by atoms with Crippen LogP contribution < -0.4 is 14.8 Å². The molecule has 5 nitrogen and oxygen atoms in total. The number of nitrogens with zero attached hydrogens (tertiary/aromatic N) is 1. The molecular formula is C19H23BrN2O3. The molecule has 0 aliphatic carbocycles. The first-order valence-electron chi connectivity index (χ1n) is 8.15. The molecule has 0 aliphatic heterocycles. The number of halogens is 1. The molecule has 0 radical (unpaired) electrons. The maximum absolute atomic E-state index is 12.2. The highest BCUT2D eigenvalue weighted by Crippen LogP contribution is 2.16. The number of rotatable bonds is 9. The van der Waals surface area contributed by atoms with E-state index >= 15 is 0 Å². The number of methoxy groups -OCH3 is 1. The molecule has 0 atom stereocenters. The van der Waals surface area contributed by atoms with Crippen molar-refractivity contribution >= 4 is 27.5 Å². The summed E-state index contributed by atoms with van der Waals surface area (Å²) in [5, 5.41) is 2.89. The van der Waals surface area contributed by atoms with Gasteiger partial charge in [0.2, 0.25) is 5.91 Å². The molecule has 2 aromatic rings. The number of hydrogen-bond donors (Lipinski definition) is 1. The zero-order valence-electron chi connectivity index (χ0n) is 14.5. The fourth-order valence-corrected chi connectivity index (χ4v) is 2.51. The molecule has 134 valence electrons. The van der Waals surface area contributed by atoms with Gasteiger partial charge in [-0.15, -0.1) is 0 Å². The molecule has 25 heavy (non-hydrogen) atoms. The molecule has 0 unspecified atom stereocenters. The Kier molecular flexibility index (Phi) is 7.76. The van der Waals surface area contributed by atoms with Crippen molar-refractivity contribution in [2.45, 2.75) is 6.92 Å². The van der Waals surface area contributed by atoms with Gasteiger partial charge in [-0.25, -0.2) is 0 Å². The molecule has 0 aliphatic rings. The average molecular weight is 407 g/mol. The Bertz CT molecular complexity index is 659. The van der Waals surface area contributed by atoms with Gasteiger partial charge < -0.3 is 14.8 Å². The topological polar surface area (TPSA) is 50.8 Å². The summed E-state index contributed by atoms with van der Waals surface area (Å²) in [5.74, 6) is 1.54. The molecule has 0 heterocycles. The number of carbonyl (C=O) groups excluding carboxylic acids is 1. The monoisotopic (exact) mass is 406 g/mol. The van der Waals surface area contributed by atoms with Gasteiger partial charge in [0, 0.05) is 16.7 Å². The van der Waals surface area contributed by atoms with Crippen LogP contribution in [0.25, 0.3) is 0 Å². The second-order valence-electron chi connectivity index (χ2n) is 5.45. The van der Waals surface area contributed by atoms with E-state index in [2.05, 4.69) is 21.2 Å². The number of likely N-dealkylation sites (N-methyl/N-ethyl adjacent to an activating group) is 1. The average Bonchev–Trinajstić information content (AvgIpc) is 2.63. The summed E-state index contributed by atoms with van der Waals surface area (Å²) in [7, 11) is 1.61. The van der Waals surface area contributed by atoms with E-state index in [4.69, 9.17) is 9.47 Å². The molecular weight excluding hydrogens is 384 g/mol. The largest absolute Gasteiger partial charge is 0.497 e. The van der Waals surface area contributed by atoms with E-state index < -0.39 is 0 Å². The fourth-order valence-electron chi connectivity index (χ4n) is 2.25. The van der Waals surface area contributed by atoms with Gasteiger partial charge in [-0.05, 0) is 55.1 Å². The van der Waals surface area contributed by atoms with Gasteiger partial charge >= 0.3 is 0 Å². The number of ether oxygens (including phenoxy) is 2. The lowest BCUT2D eigenvalue weighted by atomic mass is 10.3. The zero-order chi connectivity index (χ0) is 18.1. The molecule has 0 spiro atoms. The fraction of sp³-hybridized carbons (Fsp3) is 0.316. The number of amides is 1. The highest BCUT2D eigenvalue weighted by Gasteiger charge is 2.09. The van der Waals surface area contributed by atoms with Gasteiger partial charge in [-0.3, -0.25) is 9.69 Å². The number of nitrogens with one attached hydrogen (secondary N) is 1. The Hall–Kier alpha value is -2.05. The Morgan fingerprint density at radius 3 is 2.32 bits per heavy atom. The Morgan fingerprint density at radius 1 is 1.08 bits per heavy atom. The second-order valence-corrected chi connectivity index (χ2v) is 6.36. The standard InChI is InChI=1S/C19H23BrN2O3/c1-3-22(12-13-25-18-8-4-15(20)5-9-18)14-19(23)21-16-6-10-17(24-2)11-7-16/h4-11H,3,12-14H2,1-2H3,(H,21,23). The highest BCUT2D eigenvalue weighted by molar-refractivity contribution is 9.10. The van der Waals surface area contributed by atoms with Crippen LogP contribution in [0.3, 0.4) is 0 Å². The van der Waals surface area contributed by atoms with E-state index in [0.717, 1.165) is 28.2 Å². The van der Waals surface area contributed by atoms with E-state index in [0.29, 0.717) is 19.7 Å². The van der Waals surface area contributed by atoms with E-state index in [1.54, 1.807) is 7.11 Å². The van der Waals surface area contributed by atoms with Crippen LogP contribution in [0.15, 0.2) is 53.0 Å². The molecule has 0 saturated heterocycles. The number of carbonyl (C=O) groups is 1. The third kappa shape index (κ3) is 6.76. The van der Waals surface area contributed by atoms with Gasteiger partial charge in [-0.2, -0.15) is 0 Å². The summed E-state index contributed by atoms with van der Waals surface area (Å²) in [6.07, 6.45) is 0. The van der Waals surface area contributed by atoms with Crippen LogP contribution in [0, 0.1) is 0 Å². The molecule has 2 aromatic carbocycles. The number of benzene rings is 2. The van der Waals surface area contributed by atoms with Gasteiger partial charge in [-0.1, -0.05) is 22.9 Å². The van der Waals surface area contributed by atoms with Gasteiger partial charge in [0.1, 0.15) is 18.1 Å². The third-order valence-electron chi connectivity index (χ3n) is 3.68. The predicted molar refractivity (Wildman–Crippen MR) is 103 cm³/mol. The predicted octanol–water partition coefficient (Wildman–Crippen LogP) is 3.80. The molecule has 0 bridgehead atoms. The van der Waals surface area contributed by atoms with Crippen LogP contribution in [0.4, 0.5) is 5.69 Å². The van der Waals surface area contributed by atoms with Crippen LogP contribution in [-0.2, 0) is 4.79 Å². The molecule has 0 saturated carbocycles. The quantitative estimate of drug-likeness (QED) is 0.687. The molecule has 0 fully saturated rings. The summed E-state index contributed by atoms with van der Waals surface area (Å²) in [4.78, 5) is 14.2. The van der Waals surface area contributed by atoms with Crippen molar-refractivity contribution in [2.75, 3.05) is 38.7 Å². The van der Waals surface area contributed by atoms with Gasteiger partial charge in [0.15, 0.2) is 0 Å². The smallest absolute Gasteiger partial charge is 0.238 e. The van der Waals surface area contributed by atoms with Crippen molar-refractivity contribution in [3.63, 3.8) is 0 Å². The minimum Gasteiger partial charge on any atom is -0.497 e. The number of anilines is 1. The zero-order valence-corrected chi connectivity index (χ0v) is 16.1. The van der Waals surface area contributed by atoms with Crippen LogP contribution >= 0.6 is 15.9 Å². The Morgan fingerprint density at radius 2 is 1.72 bits per heavy atom. The molecule has 6 heteroatoms. The first-order chi connectivity index (χ1) is 12.1. The Balaban J connectivity index is 1.75. The summed E-state index contributed by atoms with van der Waals surface area (Å²) in [6.45, 7) is 4.35. The van der Waals surface area contributed by atoms with Crippen molar-refractivity contribution in [1.82, 2.24) is 4.90 Å². The van der Waals surface area contributed by atoms with E-state index in [9.17, 15) is 4.79 Å². The van der Waals surface area contributed by atoms with Crippen LogP contribution in [0.2, 0.25) is 0 Å². The van der Waals surface area contributed by atoms with Crippen molar-refractivity contribution in [3.8, 4) is 11.5 Å². The van der Waals surface area contributed by atoms with Crippen molar-refractivity contribution < 1.29 is 14.3 Å². The van der Waals surface area contributed by atoms with Crippen LogP contribution in [0.5, 0.6) is 11.5 Å². The van der Waals surface area contributed by atoms with E-state index in [-0.39, 0.29) is 5.91 Å². The maximum atomic E-state index is 12.2. The molecule has 0 aromatic heterocycles. The van der Waals surface area contributed by atoms with E-state index in [1.165, 1.54) is 0 Å². The lowest BCUT2D eigenvalue weighted by molar-refractivity contribution is -0.117. The van der Waals surface area contributed by atoms with Gasteiger partial charge in [0.25, 0.3) is 0 Å². The minimum absolute atomic E-state index is 0.0457. The highest BCUT2D eigenvalue weighted by atomic mass is 79.9. The lowest BCUT2D eigenvalue weighted by Gasteiger charge is -2.20. The third-order valence-corrected chi connectivity index (χ3v) is 4.21. The van der Waals surface area contributed by atoms with E-state index in [1.807, 2.05) is 60.4 Å². The summed E-state index contributed by atoms with van der Waals surface area (Å²) in [6, 6.07) is 15.0. The summed E-state index contributed by atoms with van der Waals surface area (Å²) < 4.78 is 11.8. The summed E-state index contributed by atoms with van der Waals surface area (Å²) in [5.41, 5.74) is 0.757. The second kappa shape index (κ2) is 10.1. The minimum atomic E-state index is -0.0457. The first kappa shape index (κ1) is 19.3. The van der Waals surface area contributed by atoms with Gasteiger partial charge in [0.05, 0.1) is 13.7 Å². The Labute approximate surface area is 157 Å². The van der Waals surface area contributed by atoms with Crippen LogP contribution in [-0.4, -0.2) is 44.2 Å². The first-order valence-corrected chi connectivity index (χ1v) is 8.94.